The molecular weight excluding hydrogens is 348 g/mol. The zero-order chi connectivity index (χ0) is 18.9. The van der Waals surface area contributed by atoms with Crippen molar-refractivity contribution in [1.29, 1.82) is 0 Å². The molecule has 4 nitrogen and oxygen atoms in total. The van der Waals surface area contributed by atoms with Crippen LogP contribution in [0.1, 0.15) is 30.0 Å². The number of benzene rings is 2. The Morgan fingerprint density at radius 2 is 1.73 bits per heavy atom. The molecule has 2 aromatic rings. The summed E-state index contributed by atoms with van der Waals surface area (Å²) in [4.78, 5) is 25.6. The Morgan fingerprint density at radius 3 is 2.38 bits per heavy atom. The highest BCUT2D eigenvalue weighted by Gasteiger charge is 2.11. The van der Waals surface area contributed by atoms with Crippen LogP contribution in [0.3, 0.4) is 0 Å². The van der Waals surface area contributed by atoms with Crippen LogP contribution in [0.4, 0.5) is 0 Å². The van der Waals surface area contributed by atoms with Gasteiger partial charge in [0.1, 0.15) is 0 Å². The van der Waals surface area contributed by atoms with Crippen LogP contribution < -0.4 is 5.32 Å². The van der Waals surface area contributed by atoms with Crippen molar-refractivity contribution >= 4 is 23.4 Å². The van der Waals surface area contributed by atoms with Crippen molar-refractivity contribution in [3.05, 3.63) is 70.2 Å². The van der Waals surface area contributed by atoms with Gasteiger partial charge in [0.25, 0.3) is 0 Å². The van der Waals surface area contributed by atoms with Gasteiger partial charge in [-0.2, -0.15) is 0 Å². The van der Waals surface area contributed by atoms with E-state index in [4.69, 9.17) is 11.6 Å². The van der Waals surface area contributed by atoms with Crippen LogP contribution >= 0.6 is 11.6 Å². The molecule has 0 bridgehead atoms. The summed E-state index contributed by atoms with van der Waals surface area (Å²) in [6, 6.07) is 15.6. The molecule has 0 atom stereocenters. The Bertz CT molecular complexity index is 744. The molecule has 1 N–H and O–H groups in total. The van der Waals surface area contributed by atoms with Gasteiger partial charge in [-0.25, -0.2) is 0 Å². The van der Waals surface area contributed by atoms with Crippen LogP contribution in [-0.2, 0) is 22.6 Å². The van der Waals surface area contributed by atoms with Gasteiger partial charge in [0.15, 0.2) is 0 Å². The molecule has 138 valence electrons. The number of nitrogens with zero attached hydrogens (tertiary/aromatic N) is 1. The summed E-state index contributed by atoms with van der Waals surface area (Å²) in [5, 5.41) is 3.62. The molecule has 0 fully saturated rings. The molecule has 0 aromatic heterocycles. The standard InChI is InChI=1S/C21H25ClN2O2/c1-16-5-3-4-6-19(16)15-23-21(26)12-14-24(17(2)25)13-11-18-7-9-20(22)10-8-18/h3-10H,11-15H2,1-2H3,(H,23,26). The van der Waals surface area contributed by atoms with E-state index < -0.39 is 0 Å². The summed E-state index contributed by atoms with van der Waals surface area (Å²) in [5.74, 6) is -0.0725. The fourth-order valence-corrected chi connectivity index (χ4v) is 2.79. The van der Waals surface area contributed by atoms with Gasteiger partial charge in [0.05, 0.1) is 0 Å². The number of carbonyl (C=O) groups is 2. The van der Waals surface area contributed by atoms with E-state index in [0.717, 1.165) is 23.1 Å². The number of carbonyl (C=O) groups excluding carboxylic acids is 2. The number of halogens is 1. The molecule has 0 radical (unpaired) electrons. The van der Waals surface area contributed by atoms with E-state index in [1.54, 1.807) is 4.90 Å². The second kappa shape index (κ2) is 9.97. The topological polar surface area (TPSA) is 49.4 Å². The predicted octanol–water partition coefficient (Wildman–Crippen LogP) is 3.75. The molecule has 0 spiro atoms. The van der Waals surface area contributed by atoms with Crippen molar-refractivity contribution in [2.24, 2.45) is 0 Å². The van der Waals surface area contributed by atoms with Crippen molar-refractivity contribution in [2.45, 2.75) is 33.2 Å². The van der Waals surface area contributed by atoms with Crippen molar-refractivity contribution in [2.75, 3.05) is 13.1 Å². The van der Waals surface area contributed by atoms with Crippen LogP contribution in [0.25, 0.3) is 0 Å². The Morgan fingerprint density at radius 1 is 1.04 bits per heavy atom. The summed E-state index contributed by atoms with van der Waals surface area (Å²) >= 11 is 5.88. The largest absolute Gasteiger partial charge is 0.352 e. The zero-order valence-corrected chi connectivity index (χ0v) is 16.1. The SMILES string of the molecule is CC(=O)N(CCC(=O)NCc1ccccc1C)CCc1ccc(Cl)cc1. The van der Waals surface area contributed by atoms with Crippen molar-refractivity contribution in [1.82, 2.24) is 10.2 Å². The Hall–Kier alpha value is -2.33. The molecule has 5 heteroatoms. The first-order valence-electron chi connectivity index (χ1n) is 8.77. The molecule has 0 saturated heterocycles. The summed E-state index contributed by atoms with van der Waals surface area (Å²) in [7, 11) is 0. The monoisotopic (exact) mass is 372 g/mol. The lowest BCUT2D eigenvalue weighted by Crippen LogP contribution is -2.35. The Kier molecular flexibility index (Phi) is 7.67. The normalized spacial score (nSPS) is 10.4. The molecule has 2 amide bonds. The molecule has 0 heterocycles. The van der Waals surface area contributed by atoms with Gasteiger partial charge in [0, 0.05) is 38.0 Å². The Balaban J connectivity index is 1.78. The maximum absolute atomic E-state index is 12.1. The maximum atomic E-state index is 12.1. The van der Waals surface area contributed by atoms with Gasteiger partial charge < -0.3 is 10.2 Å². The number of rotatable bonds is 8. The van der Waals surface area contributed by atoms with Crippen LogP contribution in [-0.4, -0.2) is 29.8 Å². The van der Waals surface area contributed by atoms with E-state index >= 15 is 0 Å². The number of aryl methyl sites for hydroxylation is 1. The van der Waals surface area contributed by atoms with Gasteiger partial charge in [0.2, 0.25) is 11.8 Å². The van der Waals surface area contributed by atoms with E-state index in [-0.39, 0.29) is 11.8 Å². The number of hydrogen-bond donors (Lipinski definition) is 1. The predicted molar refractivity (Wildman–Crippen MR) is 105 cm³/mol. The first-order valence-corrected chi connectivity index (χ1v) is 9.14. The zero-order valence-electron chi connectivity index (χ0n) is 15.3. The second-order valence-corrected chi connectivity index (χ2v) is 6.77. The van der Waals surface area contributed by atoms with E-state index in [1.165, 1.54) is 6.92 Å². The van der Waals surface area contributed by atoms with Gasteiger partial charge in [-0.15, -0.1) is 0 Å². The molecule has 0 aliphatic rings. The first kappa shape index (κ1) is 20.0. The van der Waals surface area contributed by atoms with E-state index in [0.29, 0.717) is 31.1 Å². The van der Waals surface area contributed by atoms with Crippen molar-refractivity contribution in [3.8, 4) is 0 Å². The van der Waals surface area contributed by atoms with Gasteiger partial charge in [-0.3, -0.25) is 9.59 Å². The minimum Gasteiger partial charge on any atom is -0.352 e. The number of amides is 2. The molecule has 0 saturated carbocycles. The lowest BCUT2D eigenvalue weighted by Gasteiger charge is -2.21. The summed E-state index contributed by atoms with van der Waals surface area (Å²) in [5.41, 5.74) is 3.37. The highest BCUT2D eigenvalue weighted by molar-refractivity contribution is 6.30. The van der Waals surface area contributed by atoms with Gasteiger partial charge in [-0.1, -0.05) is 48.0 Å². The molecule has 0 aliphatic carbocycles. The Labute approximate surface area is 160 Å². The van der Waals surface area contributed by atoms with Gasteiger partial charge >= 0.3 is 0 Å². The molecule has 2 aromatic carbocycles. The molecule has 26 heavy (non-hydrogen) atoms. The minimum atomic E-state index is -0.0500. The second-order valence-electron chi connectivity index (χ2n) is 6.34. The van der Waals surface area contributed by atoms with Gasteiger partial charge in [-0.05, 0) is 42.2 Å². The highest BCUT2D eigenvalue weighted by atomic mass is 35.5. The third kappa shape index (κ3) is 6.52. The molecule has 0 unspecified atom stereocenters. The van der Waals surface area contributed by atoms with E-state index in [1.807, 2.05) is 55.5 Å². The average molecular weight is 373 g/mol. The van der Waals surface area contributed by atoms with Crippen LogP contribution in [0, 0.1) is 6.92 Å². The fraction of sp³-hybridized carbons (Fsp3) is 0.333. The lowest BCUT2D eigenvalue weighted by molar-refractivity contribution is -0.129. The third-order valence-corrected chi connectivity index (χ3v) is 4.63. The minimum absolute atomic E-state index is 0.0225. The fourth-order valence-electron chi connectivity index (χ4n) is 2.67. The van der Waals surface area contributed by atoms with E-state index in [2.05, 4.69) is 5.32 Å². The summed E-state index contributed by atoms with van der Waals surface area (Å²) in [6.07, 6.45) is 1.04. The third-order valence-electron chi connectivity index (χ3n) is 4.38. The average Bonchev–Trinajstić information content (AvgIpc) is 2.62. The van der Waals surface area contributed by atoms with Crippen LogP contribution in [0.5, 0.6) is 0 Å². The number of hydrogen-bond acceptors (Lipinski definition) is 2. The highest BCUT2D eigenvalue weighted by Crippen LogP contribution is 2.11. The van der Waals surface area contributed by atoms with Crippen molar-refractivity contribution in [3.63, 3.8) is 0 Å². The summed E-state index contributed by atoms with van der Waals surface area (Å²) in [6.45, 7) is 5.07. The maximum Gasteiger partial charge on any atom is 0.222 e. The molecular formula is C21H25ClN2O2. The summed E-state index contributed by atoms with van der Waals surface area (Å²) < 4.78 is 0. The van der Waals surface area contributed by atoms with Crippen LogP contribution in [0.2, 0.25) is 5.02 Å². The smallest absolute Gasteiger partial charge is 0.222 e. The molecule has 0 aliphatic heterocycles. The quantitative estimate of drug-likeness (QED) is 0.767. The molecule has 2 rings (SSSR count). The first-order chi connectivity index (χ1) is 12.5. The van der Waals surface area contributed by atoms with Crippen molar-refractivity contribution < 1.29 is 9.59 Å². The van der Waals surface area contributed by atoms with Crippen LogP contribution in [0.15, 0.2) is 48.5 Å². The number of nitrogens with one attached hydrogen (secondary N) is 1. The lowest BCUT2D eigenvalue weighted by atomic mass is 10.1. The van der Waals surface area contributed by atoms with E-state index in [9.17, 15) is 9.59 Å².